The number of rotatable bonds is 5. The van der Waals surface area contributed by atoms with Crippen LogP contribution < -0.4 is 4.72 Å². The zero-order valence-electron chi connectivity index (χ0n) is 11.1. The lowest BCUT2D eigenvalue weighted by atomic mass is 9.91. The molecule has 1 aromatic rings. The fourth-order valence-corrected chi connectivity index (χ4v) is 4.41. The minimum Gasteiger partial charge on any atom is -0.207 e. The van der Waals surface area contributed by atoms with E-state index in [9.17, 15) is 18.1 Å². The van der Waals surface area contributed by atoms with Gasteiger partial charge in [-0.2, -0.15) is 9.98 Å². The molecule has 3 rings (SSSR count). The van der Waals surface area contributed by atoms with Gasteiger partial charge in [-0.25, -0.2) is 12.8 Å². The standard InChI is InChI=1S/C14H14ClFN2O2S/c15-12-7-11(5-6-13(12)16)21(19,20)18-14(8-17,9-1-2-9)10-3-4-10/h5-7,9-10,18H,1-4H2. The molecule has 1 aromatic carbocycles. The Morgan fingerprint density at radius 1 is 1.29 bits per heavy atom. The number of nitrogens with one attached hydrogen (secondary N) is 1. The van der Waals surface area contributed by atoms with Crippen molar-refractivity contribution in [3.63, 3.8) is 0 Å². The molecule has 1 N–H and O–H groups in total. The summed E-state index contributed by atoms with van der Waals surface area (Å²) in [6, 6.07) is 5.44. The Hall–Kier alpha value is -1.16. The van der Waals surface area contributed by atoms with E-state index in [0.717, 1.165) is 43.9 Å². The van der Waals surface area contributed by atoms with Gasteiger partial charge in [-0.3, -0.25) is 0 Å². The van der Waals surface area contributed by atoms with Gasteiger partial charge in [-0.05, 0) is 55.7 Å². The first-order chi connectivity index (χ1) is 9.89. The lowest BCUT2D eigenvalue weighted by molar-refractivity contribution is 0.374. The molecular weight excluding hydrogens is 315 g/mol. The third kappa shape index (κ3) is 2.66. The molecule has 7 heteroatoms. The summed E-state index contributed by atoms with van der Waals surface area (Å²) in [4.78, 5) is -0.116. The molecule has 0 saturated heterocycles. The highest BCUT2D eigenvalue weighted by atomic mass is 35.5. The Morgan fingerprint density at radius 2 is 1.86 bits per heavy atom. The summed E-state index contributed by atoms with van der Waals surface area (Å²) in [6.45, 7) is 0. The fraction of sp³-hybridized carbons (Fsp3) is 0.500. The first kappa shape index (κ1) is 14.8. The highest BCUT2D eigenvalue weighted by molar-refractivity contribution is 7.89. The highest BCUT2D eigenvalue weighted by Gasteiger charge is 2.56. The minimum atomic E-state index is -3.90. The quantitative estimate of drug-likeness (QED) is 0.903. The molecule has 0 radical (unpaired) electrons. The van der Waals surface area contributed by atoms with Gasteiger partial charge in [-0.1, -0.05) is 11.6 Å². The minimum absolute atomic E-state index is 0.0701. The number of sulfonamides is 1. The smallest absolute Gasteiger partial charge is 0.207 e. The summed E-state index contributed by atoms with van der Waals surface area (Å²) >= 11 is 5.64. The second-order valence-corrected chi connectivity index (χ2v) is 7.80. The van der Waals surface area contributed by atoms with Crippen LogP contribution in [0.5, 0.6) is 0 Å². The van der Waals surface area contributed by atoms with Crippen LogP contribution in [-0.2, 0) is 10.0 Å². The molecule has 0 aromatic heterocycles. The van der Waals surface area contributed by atoms with E-state index in [4.69, 9.17) is 11.6 Å². The molecule has 0 bridgehead atoms. The van der Waals surface area contributed by atoms with E-state index in [2.05, 4.69) is 10.8 Å². The van der Waals surface area contributed by atoms with Crippen molar-refractivity contribution in [1.29, 1.82) is 5.26 Å². The van der Waals surface area contributed by atoms with E-state index in [-0.39, 0.29) is 21.8 Å². The van der Waals surface area contributed by atoms with E-state index in [1.165, 1.54) is 0 Å². The monoisotopic (exact) mass is 328 g/mol. The Labute approximate surface area is 128 Å². The van der Waals surface area contributed by atoms with Crippen LogP contribution in [0.15, 0.2) is 23.1 Å². The number of benzene rings is 1. The molecule has 2 aliphatic carbocycles. The van der Waals surface area contributed by atoms with Gasteiger partial charge < -0.3 is 0 Å². The summed E-state index contributed by atoms with van der Waals surface area (Å²) in [5, 5.41) is 9.29. The largest absolute Gasteiger partial charge is 0.242 e. The SMILES string of the molecule is N#CC(NS(=O)(=O)c1ccc(F)c(Cl)c1)(C1CC1)C1CC1. The molecule has 2 saturated carbocycles. The van der Waals surface area contributed by atoms with Crippen molar-refractivity contribution < 1.29 is 12.8 Å². The first-order valence-corrected chi connectivity index (χ1v) is 8.65. The maximum Gasteiger partial charge on any atom is 0.242 e. The molecule has 0 unspecified atom stereocenters. The van der Waals surface area contributed by atoms with Crippen molar-refractivity contribution in [2.24, 2.45) is 11.8 Å². The molecule has 2 aliphatic rings. The number of halogens is 2. The molecule has 0 amide bonds. The van der Waals surface area contributed by atoms with Crippen LogP contribution in [0.2, 0.25) is 5.02 Å². The topological polar surface area (TPSA) is 70.0 Å². The van der Waals surface area contributed by atoms with Crippen LogP contribution in [-0.4, -0.2) is 14.0 Å². The van der Waals surface area contributed by atoms with E-state index < -0.39 is 21.4 Å². The Balaban J connectivity index is 1.94. The predicted molar refractivity (Wildman–Crippen MR) is 75.5 cm³/mol. The van der Waals surface area contributed by atoms with E-state index in [1.807, 2.05) is 0 Å². The second-order valence-electron chi connectivity index (χ2n) is 5.71. The van der Waals surface area contributed by atoms with Gasteiger partial charge >= 0.3 is 0 Å². The molecule has 4 nitrogen and oxygen atoms in total. The van der Waals surface area contributed by atoms with Crippen molar-refractivity contribution in [2.75, 3.05) is 0 Å². The molecule has 0 aliphatic heterocycles. The molecule has 0 heterocycles. The maximum absolute atomic E-state index is 13.2. The van der Waals surface area contributed by atoms with Gasteiger partial charge in [0.15, 0.2) is 0 Å². The average molecular weight is 329 g/mol. The molecule has 112 valence electrons. The molecule has 0 atom stereocenters. The molecule has 2 fully saturated rings. The van der Waals surface area contributed by atoms with Crippen molar-refractivity contribution in [1.82, 2.24) is 4.72 Å². The van der Waals surface area contributed by atoms with Crippen molar-refractivity contribution in [3.05, 3.63) is 29.0 Å². The van der Waals surface area contributed by atoms with Crippen LogP contribution in [0.3, 0.4) is 0 Å². The maximum atomic E-state index is 13.2. The second kappa shape index (κ2) is 4.94. The third-order valence-electron chi connectivity index (χ3n) is 4.13. The number of hydrogen-bond acceptors (Lipinski definition) is 3. The number of hydrogen-bond donors (Lipinski definition) is 1. The molecule has 0 spiro atoms. The molecular formula is C14H14ClFN2O2S. The van der Waals surface area contributed by atoms with Crippen molar-refractivity contribution in [3.8, 4) is 6.07 Å². The summed E-state index contributed by atoms with van der Waals surface area (Å²) in [5.74, 6) is -0.534. The van der Waals surface area contributed by atoms with Gasteiger partial charge in [-0.15, -0.1) is 0 Å². The van der Waals surface area contributed by atoms with Crippen LogP contribution in [0.1, 0.15) is 25.7 Å². The van der Waals surface area contributed by atoms with Crippen LogP contribution >= 0.6 is 11.6 Å². The van der Waals surface area contributed by atoms with Crippen LogP contribution in [0.4, 0.5) is 4.39 Å². The van der Waals surface area contributed by atoms with E-state index in [1.54, 1.807) is 0 Å². The lowest BCUT2D eigenvalue weighted by Crippen LogP contribution is -2.51. The van der Waals surface area contributed by atoms with Crippen LogP contribution in [0.25, 0.3) is 0 Å². The summed E-state index contributed by atoms with van der Waals surface area (Å²) in [7, 11) is -3.90. The van der Waals surface area contributed by atoms with Gasteiger partial charge in [0.1, 0.15) is 11.4 Å². The van der Waals surface area contributed by atoms with E-state index >= 15 is 0 Å². The predicted octanol–water partition coefficient (Wildman–Crippen LogP) is 2.84. The fourth-order valence-electron chi connectivity index (χ4n) is 2.71. The van der Waals surface area contributed by atoms with Gasteiger partial charge in [0.25, 0.3) is 0 Å². The summed E-state index contributed by atoms with van der Waals surface area (Å²) in [5.41, 5.74) is -1.03. The average Bonchev–Trinajstić information content (AvgIpc) is 3.29. The van der Waals surface area contributed by atoms with Gasteiger partial charge in [0.2, 0.25) is 10.0 Å². The number of nitriles is 1. The summed E-state index contributed by atoms with van der Waals surface area (Å²) in [6.07, 6.45) is 3.43. The van der Waals surface area contributed by atoms with Gasteiger partial charge in [0, 0.05) is 0 Å². The normalized spacial score (nSPS) is 19.3. The highest BCUT2D eigenvalue weighted by Crippen LogP contribution is 2.52. The van der Waals surface area contributed by atoms with Gasteiger partial charge in [0.05, 0.1) is 16.0 Å². The Bertz CT molecular complexity index is 709. The van der Waals surface area contributed by atoms with E-state index in [0.29, 0.717) is 0 Å². The number of nitrogens with zero attached hydrogens (tertiary/aromatic N) is 1. The Morgan fingerprint density at radius 3 is 2.29 bits per heavy atom. The first-order valence-electron chi connectivity index (χ1n) is 6.79. The third-order valence-corrected chi connectivity index (χ3v) is 5.90. The zero-order valence-corrected chi connectivity index (χ0v) is 12.7. The van der Waals surface area contributed by atoms with Crippen molar-refractivity contribution >= 4 is 21.6 Å². The van der Waals surface area contributed by atoms with Crippen molar-refractivity contribution in [2.45, 2.75) is 36.1 Å². The van der Waals surface area contributed by atoms with Crippen LogP contribution in [0, 0.1) is 29.0 Å². The summed E-state index contributed by atoms with van der Waals surface area (Å²) < 4.78 is 40.7. The molecule has 21 heavy (non-hydrogen) atoms. The lowest BCUT2D eigenvalue weighted by Gasteiger charge is -2.27. The Kier molecular flexibility index (Phi) is 3.47. The zero-order chi connectivity index (χ0) is 15.3.